The van der Waals surface area contributed by atoms with Crippen molar-refractivity contribution in [2.45, 2.75) is 49.3 Å². The van der Waals surface area contributed by atoms with Crippen LogP contribution >= 0.6 is 0 Å². The second kappa shape index (κ2) is 23.3. The molecule has 0 aliphatic heterocycles. The number of aromatic nitrogens is 11. The average molecular weight is 924 g/mol. The van der Waals surface area contributed by atoms with Gasteiger partial charge in [0.25, 0.3) is 17.6 Å². The molecular weight excluding hydrogens is 897 g/mol. The van der Waals surface area contributed by atoms with E-state index in [1.54, 1.807) is 27.7 Å². The van der Waals surface area contributed by atoms with E-state index < -0.39 is 47.9 Å². The van der Waals surface area contributed by atoms with Gasteiger partial charge in [-0.25, -0.2) is 14.8 Å². The Balaban J connectivity index is 0.00000317. The topological polar surface area (TPSA) is 377 Å². The molecule has 320 valence electrons. The Labute approximate surface area is 447 Å². The van der Waals surface area contributed by atoms with Crippen LogP contribution in [-0.4, -0.2) is 80.0 Å². The van der Waals surface area contributed by atoms with Crippen LogP contribution in [0.3, 0.4) is 0 Å². The molecule has 0 saturated heterocycles. The monoisotopic (exact) mass is 923 g/mol. The number of nitriles is 1. The van der Waals surface area contributed by atoms with Gasteiger partial charge in [-0.2, -0.15) is 76.4 Å². The first-order chi connectivity index (χ1) is 29.8. The zero-order chi connectivity index (χ0) is 45.5. The van der Waals surface area contributed by atoms with Gasteiger partial charge in [0, 0.05) is 0 Å². The van der Waals surface area contributed by atoms with E-state index in [9.17, 15) is 36.3 Å². The van der Waals surface area contributed by atoms with E-state index in [2.05, 4.69) is 72.8 Å². The molecule has 5 aromatic heterocycles. The summed E-state index contributed by atoms with van der Waals surface area (Å²) in [6.07, 6.45) is 2.30. The number of hydrogen-bond donors (Lipinski definition) is 2. The second-order valence-corrected chi connectivity index (χ2v) is 16.3. The Morgan fingerprint density at radius 3 is 1.53 bits per heavy atom. The van der Waals surface area contributed by atoms with E-state index in [1.807, 2.05) is 6.07 Å². The van der Waals surface area contributed by atoms with Crippen LogP contribution in [0.4, 0.5) is 40.3 Å². The quantitative estimate of drug-likeness (QED) is 0.0497. The van der Waals surface area contributed by atoms with Crippen molar-refractivity contribution in [1.29, 1.82) is 5.26 Å². The summed E-state index contributed by atoms with van der Waals surface area (Å²) in [4.78, 5) is 14.3. The van der Waals surface area contributed by atoms with Crippen molar-refractivity contribution in [3.8, 4) is 35.4 Å². The molecule has 0 radical (unpaired) electrons. The van der Waals surface area contributed by atoms with E-state index in [0.717, 1.165) is 55.4 Å². The Hall–Kier alpha value is -5.32. The number of nitrogens with two attached hydrogens (primary N) is 2. The molecule has 0 bridgehead atoms. The van der Waals surface area contributed by atoms with Gasteiger partial charge in [-0.15, -0.1) is 32.6 Å². The smallest absolute Gasteiger partial charge is 0.844 e. The average Bonchev–Trinajstić information content (AvgIpc) is 4.01. The normalized spacial score (nSPS) is 11.3. The summed E-state index contributed by atoms with van der Waals surface area (Å²) in [5, 5.41) is 56.9. The van der Waals surface area contributed by atoms with Crippen LogP contribution in [0.1, 0.15) is 56.5 Å². The molecule has 33 heteroatoms. The predicted molar refractivity (Wildman–Crippen MR) is 211 cm³/mol. The Bertz CT molecular complexity index is 3140. The third-order valence-corrected chi connectivity index (χ3v) is 10.3. The van der Waals surface area contributed by atoms with E-state index in [0.29, 0.717) is 0 Å². The minimum Gasteiger partial charge on any atom is -0.844 e. The number of azo groups is 2. The van der Waals surface area contributed by atoms with E-state index in [1.165, 1.54) is 12.1 Å². The Kier molecular flexibility index (Phi) is 20.2. The van der Waals surface area contributed by atoms with Gasteiger partial charge in [-0.05, 0) is 23.2 Å². The Morgan fingerprint density at radius 1 is 0.691 bits per heavy atom. The second-order valence-electron chi connectivity index (χ2n) is 13.5. The van der Waals surface area contributed by atoms with Gasteiger partial charge in [0.15, 0.2) is 34.6 Å². The van der Waals surface area contributed by atoms with Crippen LogP contribution in [0.5, 0.6) is 6.01 Å². The van der Waals surface area contributed by atoms with Crippen LogP contribution in [0.15, 0.2) is 79.0 Å². The van der Waals surface area contributed by atoms with Crippen LogP contribution in [0.2, 0.25) is 0 Å². The molecule has 7 rings (SSSR count). The first-order valence-corrected chi connectivity index (χ1v) is 20.5. The molecule has 26 nitrogen and oxygen atoms in total. The van der Waals surface area contributed by atoms with Crippen molar-refractivity contribution in [3.05, 3.63) is 89.3 Å². The molecule has 0 spiro atoms. The van der Waals surface area contributed by atoms with Gasteiger partial charge in [0.05, 0.1) is 56.6 Å². The first kappa shape index (κ1) is 58.8. The molecule has 0 amide bonds. The molecule has 4 N–H and O–H groups in total. The molecule has 0 aliphatic carbocycles. The van der Waals surface area contributed by atoms with E-state index in [-0.39, 0.29) is 175 Å². The summed E-state index contributed by atoms with van der Waals surface area (Å²) < 4.78 is 74.2. The molecule has 0 saturated carbocycles. The molecule has 0 atom stereocenters. The van der Waals surface area contributed by atoms with Crippen LogP contribution in [0, 0.1) is 30.0 Å². The number of hydrogen-bond acceptors (Lipinski definition) is 21. The molecule has 68 heavy (non-hydrogen) atoms. The number of benzene rings is 2. The zero-order valence-electron chi connectivity index (χ0n) is 37.7. The SMILES string of the molecule is [C-]#[N+]c1cnn(-c2c[c-]cc(S(=O)(=O)[O-])c2)c1N=Nc1c(C(C)C)nn(-c2nc([O-])nc(-n3nc(C(C)C)c(N=Nc4c(C#N)cnn4-c4c[c-]cc(S(=O)(=O)[O-])c4)c3N)n2)c1N.[Li+].[Li+].[Li+].[Li+].[Li+]. The molecular formula is C35H26Li5N19O7S2. The molecule has 5 heterocycles. The fraction of sp³-hybridized carbons (Fsp3) is 0.171. The fourth-order valence-electron chi connectivity index (χ4n) is 5.70. The summed E-state index contributed by atoms with van der Waals surface area (Å²) in [6.45, 7) is 14.6. The summed E-state index contributed by atoms with van der Waals surface area (Å²) in [6, 6.07) is 12.6. The van der Waals surface area contributed by atoms with Gasteiger partial charge in [-0.1, -0.05) is 37.5 Å². The maximum Gasteiger partial charge on any atom is 1.00 e. The zero-order valence-corrected chi connectivity index (χ0v) is 39.3. The minimum absolute atomic E-state index is 0. The van der Waals surface area contributed by atoms with Crippen molar-refractivity contribution >= 4 is 60.6 Å². The van der Waals surface area contributed by atoms with Gasteiger partial charge in [0.2, 0.25) is 0 Å². The van der Waals surface area contributed by atoms with E-state index >= 15 is 0 Å². The minimum atomic E-state index is -4.87. The van der Waals surface area contributed by atoms with Crippen LogP contribution in [-0.2, 0) is 20.2 Å². The molecule has 7 aromatic rings. The fourth-order valence-corrected chi connectivity index (χ4v) is 6.65. The van der Waals surface area contributed by atoms with E-state index in [4.69, 9.17) is 18.0 Å². The van der Waals surface area contributed by atoms with Crippen molar-refractivity contribution in [3.63, 3.8) is 0 Å². The van der Waals surface area contributed by atoms with Gasteiger partial charge >= 0.3 is 94.3 Å². The summed E-state index contributed by atoms with van der Waals surface area (Å²) in [7, 11) is -9.73. The number of anilines is 2. The number of rotatable bonds is 12. The standard InChI is InChI=1S/C35H29N19O7S2.5Li/c1-17(2)25-27(45-47-31-19(14-36)15-40-51(31)20-8-6-10-22(12-20)62(56,57)58)29(37)53(49-25)33-42-34(44-35(55)43-33)54-30(38)28(26(50-54)18(3)4)46-48-32-24(39-5)16-41-52(32)21-9-7-11-23(13-21)63(59,60)61;;;;;/h8-13,15-18H,37-38H2,1-4H3,(H,56,57,58)(H,59,60,61)(H,42,43,44,55);;;;;/q-2;5*+1/p-3. The maximum absolute atomic E-state index is 13.0. The third kappa shape index (κ3) is 11.9. The van der Waals surface area contributed by atoms with Gasteiger partial charge in [0.1, 0.15) is 11.6 Å². The van der Waals surface area contributed by atoms with Crippen molar-refractivity contribution < 1.29 is 125 Å². The molecule has 0 fully saturated rings. The molecule has 0 aliphatic rings. The van der Waals surface area contributed by atoms with Crippen LogP contribution < -0.4 is 111 Å². The summed E-state index contributed by atoms with van der Waals surface area (Å²) in [5.74, 6) is -2.31. The summed E-state index contributed by atoms with van der Waals surface area (Å²) >= 11 is 0. The summed E-state index contributed by atoms with van der Waals surface area (Å²) in [5.41, 5.74) is 13.4. The van der Waals surface area contributed by atoms with Crippen LogP contribution in [0.25, 0.3) is 28.1 Å². The Morgan fingerprint density at radius 2 is 1.12 bits per heavy atom. The molecule has 2 aromatic carbocycles. The maximum atomic E-state index is 13.0. The predicted octanol–water partition coefficient (Wildman–Crippen LogP) is -11.2. The van der Waals surface area contributed by atoms with Gasteiger partial charge in [-0.3, -0.25) is 26.2 Å². The van der Waals surface area contributed by atoms with Crippen molar-refractivity contribution in [2.24, 2.45) is 20.5 Å². The number of nitrogen functional groups attached to an aromatic ring is 2. The first-order valence-electron chi connectivity index (χ1n) is 17.7. The largest absolute Gasteiger partial charge is 1.00 e. The number of nitrogens with zero attached hydrogens (tertiary/aromatic N) is 17. The van der Waals surface area contributed by atoms with Gasteiger partial charge < -0.3 is 25.7 Å². The van der Waals surface area contributed by atoms with Crippen molar-refractivity contribution in [2.75, 3.05) is 11.5 Å². The third-order valence-electron chi connectivity index (χ3n) is 8.67. The molecule has 0 unspecified atom stereocenters. The van der Waals surface area contributed by atoms with Crippen molar-refractivity contribution in [1.82, 2.24) is 54.1 Å².